The maximum Gasteiger partial charge on any atom is 0.408 e. The summed E-state index contributed by atoms with van der Waals surface area (Å²) in [5.74, 6) is 0.668. The Labute approximate surface area is 269 Å². The molecule has 12 nitrogen and oxygen atoms in total. The normalized spacial score (nSPS) is 17.0. The number of benzene rings is 1. The van der Waals surface area contributed by atoms with Crippen LogP contribution >= 0.6 is 11.8 Å². The SMILES string of the molecule is CCOC(=O)[B]CCCCCSC[C@H](NC(=O)OC(C)(C)C)C(=O)N1C[C@H](Oc2nccc3cc(OC)ccc23)CC1C(N)=O. The van der Waals surface area contributed by atoms with Gasteiger partial charge in [-0.05, 0) is 69.5 Å². The fraction of sp³-hybridized carbons (Fsp3) is 0.581. The van der Waals surface area contributed by atoms with Crippen molar-refractivity contribution in [2.24, 2.45) is 5.73 Å². The molecule has 0 saturated carbocycles. The van der Waals surface area contributed by atoms with Crippen LogP contribution in [0, 0.1) is 0 Å². The minimum Gasteiger partial charge on any atom is -0.497 e. The average Bonchev–Trinajstić information content (AvgIpc) is 3.40. The number of likely N-dealkylation sites (tertiary alicyclic amines) is 1. The first kappa shape index (κ1) is 35.8. The van der Waals surface area contributed by atoms with Crippen molar-refractivity contribution in [3.05, 3.63) is 30.5 Å². The van der Waals surface area contributed by atoms with E-state index in [-0.39, 0.29) is 24.6 Å². The number of nitrogens with two attached hydrogens (primary N) is 1. The van der Waals surface area contributed by atoms with Gasteiger partial charge in [-0.1, -0.05) is 19.2 Å². The summed E-state index contributed by atoms with van der Waals surface area (Å²) in [6.07, 6.45) is 3.77. The molecule has 14 heteroatoms. The molecule has 0 aliphatic carbocycles. The van der Waals surface area contributed by atoms with Crippen LogP contribution in [0.4, 0.5) is 9.59 Å². The van der Waals surface area contributed by atoms with Crippen LogP contribution in [0.5, 0.6) is 11.6 Å². The number of amides is 3. The summed E-state index contributed by atoms with van der Waals surface area (Å²) in [4.78, 5) is 56.3. The van der Waals surface area contributed by atoms with E-state index >= 15 is 0 Å². The summed E-state index contributed by atoms with van der Waals surface area (Å²) < 4.78 is 21.8. The van der Waals surface area contributed by atoms with Crippen LogP contribution in [-0.2, 0) is 19.1 Å². The standard InChI is InChI=1S/C31H44BN4O8S/c1-6-42-29(39)32-13-8-7-9-15-45-19-24(35-30(40)44-31(2,3)4)28(38)36-18-22(17-25(36)26(33)37)43-27-23-11-10-21(41-5)16-20(23)12-14-34-27/h10-12,14,16,22,24-25H,6-9,13,15,17-19H2,1-5H3,(H2,33,37)(H,35,40)/t22-,24+,25?/m1/s1. The van der Waals surface area contributed by atoms with Gasteiger partial charge in [0, 0.05) is 23.8 Å². The molecule has 245 valence electrons. The Kier molecular flexibility index (Phi) is 13.6. The quantitative estimate of drug-likeness (QED) is 0.201. The minimum absolute atomic E-state index is 0.0921. The Morgan fingerprint density at radius 1 is 1.18 bits per heavy atom. The van der Waals surface area contributed by atoms with Crippen LogP contribution < -0.4 is 20.5 Å². The molecule has 3 amide bonds. The first-order chi connectivity index (χ1) is 21.4. The van der Waals surface area contributed by atoms with E-state index in [2.05, 4.69) is 10.3 Å². The minimum atomic E-state index is -0.953. The molecule has 1 aromatic heterocycles. The summed E-state index contributed by atoms with van der Waals surface area (Å²) in [5.41, 5.74) is 4.98. The van der Waals surface area contributed by atoms with Crippen molar-refractivity contribution in [2.45, 2.75) is 83.5 Å². The molecule has 1 radical (unpaired) electrons. The summed E-state index contributed by atoms with van der Waals surface area (Å²) in [5, 5.41) is 4.33. The second-order valence-electron chi connectivity index (χ2n) is 11.7. The van der Waals surface area contributed by atoms with Crippen molar-refractivity contribution < 1.29 is 38.1 Å². The Morgan fingerprint density at radius 3 is 2.64 bits per heavy atom. The largest absolute Gasteiger partial charge is 0.497 e. The van der Waals surface area contributed by atoms with E-state index in [0.717, 1.165) is 35.8 Å². The monoisotopic (exact) mass is 643 g/mol. The van der Waals surface area contributed by atoms with Gasteiger partial charge < -0.3 is 34.9 Å². The molecule has 1 saturated heterocycles. The predicted molar refractivity (Wildman–Crippen MR) is 174 cm³/mol. The molecule has 2 heterocycles. The molecule has 45 heavy (non-hydrogen) atoms. The fourth-order valence-electron chi connectivity index (χ4n) is 4.88. The van der Waals surface area contributed by atoms with Gasteiger partial charge in [-0.25, -0.2) is 9.78 Å². The molecule has 1 unspecified atom stereocenters. The molecule has 1 aliphatic heterocycles. The number of fused-ring (bicyclic) bond motifs is 1. The molecule has 1 aromatic carbocycles. The maximum atomic E-state index is 13.9. The van der Waals surface area contributed by atoms with Gasteiger partial charge in [0.1, 0.15) is 29.5 Å². The van der Waals surface area contributed by atoms with Crippen LogP contribution in [0.25, 0.3) is 10.8 Å². The van der Waals surface area contributed by atoms with E-state index in [1.807, 2.05) is 18.2 Å². The highest BCUT2D eigenvalue weighted by Crippen LogP contribution is 2.30. The van der Waals surface area contributed by atoms with Gasteiger partial charge in [-0.3, -0.25) is 14.4 Å². The highest BCUT2D eigenvalue weighted by Gasteiger charge is 2.42. The van der Waals surface area contributed by atoms with Gasteiger partial charge in [0.2, 0.25) is 23.6 Å². The van der Waals surface area contributed by atoms with E-state index in [1.54, 1.807) is 54.3 Å². The lowest BCUT2D eigenvalue weighted by atomic mass is 9.73. The van der Waals surface area contributed by atoms with Crippen LogP contribution in [0.15, 0.2) is 30.5 Å². The molecule has 1 fully saturated rings. The molecule has 3 rings (SSSR count). The van der Waals surface area contributed by atoms with E-state index in [9.17, 15) is 19.2 Å². The van der Waals surface area contributed by atoms with Gasteiger partial charge in [0.05, 0.1) is 20.3 Å². The predicted octanol–water partition coefficient (Wildman–Crippen LogP) is 4.15. The van der Waals surface area contributed by atoms with Gasteiger partial charge >= 0.3 is 6.09 Å². The number of pyridine rings is 1. The average molecular weight is 644 g/mol. The van der Waals surface area contributed by atoms with Crippen molar-refractivity contribution in [2.75, 3.05) is 31.8 Å². The summed E-state index contributed by atoms with van der Waals surface area (Å²) in [7, 11) is 3.14. The molecule has 3 atom stereocenters. The molecular weight excluding hydrogens is 599 g/mol. The lowest BCUT2D eigenvalue weighted by molar-refractivity contribution is -0.138. The Hall–Kier alpha value is -3.68. The van der Waals surface area contributed by atoms with Crippen molar-refractivity contribution in [1.29, 1.82) is 0 Å². The zero-order chi connectivity index (χ0) is 33.0. The first-order valence-electron chi connectivity index (χ1n) is 15.2. The smallest absolute Gasteiger partial charge is 0.408 e. The van der Waals surface area contributed by atoms with E-state index in [4.69, 9.17) is 24.7 Å². The van der Waals surface area contributed by atoms with Gasteiger partial charge in [-0.15, -0.1) is 0 Å². The highest BCUT2D eigenvalue weighted by molar-refractivity contribution is 7.99. The van der Waals surface area contributed by atoms with E-state index in [1.165, 1.54) is 16.7 Å². The number of hydrogen-bond donors (Lipinski definition) is 2. The number of carbonyl (C=O) groups excluding carboxylic acids is 4. The van der Waals surface area contributed by atoms with E-state index < -0.39 is 41.7 Å². The van der Waals surface area contributed by atoms with Crippen LogP contribution in [0.1, 0.15) is 53.4 Å². The van der Waals surface area contributed by atoms with Crippen LogP contribution in [0.2, 0.25) is 6.32 Å². The van der Waals surface area contributed by atoms with Gasteiger partial charge in [-0.2, -0.15) is 11.8 Å². The molecule has 2 aromatic rings. The zero-order valence-corrected chi connectivity index (χ0v) is 27.5. The number of aromatic nitrogens is 1. The number of ether oxygens (including phenoxy) is 4. The second kappa shape index (κ2) is 17.1. The number of rotatable bonds is 16. The summed E-state index contributed by atoms with van der Waals surface area (Å²) in [6.45, 7) is 7.42. The van der Waals surface area contributed by atoms with Crippen molar-refractivity contribution in [3.63, 3.8) is 0 Å². The lowest BCUT2D eigenvalue weighted by Crippen LogP contribution is -2.54. The summed E-state index contributed by atoms with van der Waals surface area (Å²) >= 11 is 1.51. The molecule has 0 bridgehead atoms. The van der Waals surface area contributed by atoms with Crippen LogP contribution in [0.3, 0.4) is 0 Å². The molecule has 1 aliphatic rings. The Bertz CT molecular complexity index is 1320. The topological polar surface area (TPSA) is 159 Å². The third kappa shape index (κ3) is 11.3. The summed E-state index contributed by atoms with van der Waals surface area (Å²) in [6, 6.07) is 5.49. The van der Waals surface area contributed by atoms with Gasteiger partial charge in [0.25, 0.3) is 7.28 Å². The third-order valence-electron chi connectivity index (χ3n) is 6.95. The number of alkyl carbamates (subject to hydrolysis) is 1. The number of carbonyl (C=O) groups is 4. The molecular formula is C31H44BN4O8S. The second-order valence-corrected chi connectivity index (χ2v) is 12.8. The Morgan fingerprint density at radius 2 is 1.96 bits per heavy atom. The van der Waals surface area contributed by atoms with Gasteiger partial charge in [0.15, 0.2) is 0 Å². The fourth-order valence-corrected chi connectivity index (χ4v) is 5.91. The number of hydrogen-bond acceptors (Lipinski definition) is 10. The van der Waals surface area contributed by atoms with E-state index in [0.29, 0.717) is 24.6 Å². The van der Waals surface area contributed by atoms with Crippen molar-refractivity contribution in [1.82, 2.24) is 15.2 Å². The van der Waals surface area contributed by atoms with Crippen molar-refractivity contribution >= 4 is 53.6 Å². The first-order valence-corrected chi connectivity index (χ1v) is 16.3. The lowest BCUT2D eigenvalue weighted by Gasteiger charge is -2.28. The Balaban J connectivity index is 1.65. The highest BCUT2D eigenvalue weighted by atomic mass is 32.2. The third-order valence-corrected chi connectivity index (χ3v) is 8.10. The molecule has 0 spiro atoms. The number of thioether (sulfide) groups is 1. The number of methoxy groups -OCH3 is 1. The van der Waals surface area contributed by atoms with Crippen molar-refractivity contribution in [3.8, 4) is 11.6 Å². The number of nitrogens with one attached hydrogen (secondary N) is 1. The molecule has 3 N–H and O–H groups in total. The number of unbranched alkanes of at least 4 members (excludes halogenated alkanes) is 2. The maximum absolute atomic E-state index is 13.9. The zero-order valence-electron chi connectivity index (χ0n) is 26.7. The van der Waals surface area contributed by atoms with Crippen LogP contribution in [-0.4, -0.2) is 96.5 Å². The number of nitrogens with zero attached hydrogens (tertiary/aromatic N) is 2. The number of primary amides is 1.